The molecule has 1 aromatic rings. The van der Waals surface area contributed by atoms with Crippen molar-refractivity contribution in [1.82, 2.24) is 5.32 Å². The highest BCUT2D eigenvalue weighted by Crippen LogP contribution is 2.26. The van der Waals surface area contributed by atoms with Crippen LogP contribution < -0.4 is 15.8 Å². The van der Waals surface area contributed by atoms with Gasteiger partial charge in [0.25, 0.3) is 5.91 Å². The third-order valence-electron chi connectivity index (χ3n) is 3.56. The van der Waals surface area contributed by atoms with E-state index in [1.165, 1.54) is 13.2 Å². The zero-order valence-electron chi connectivity index (χ0n) is 11.7. The fourth-order valence-electron chi connectivity index (χ4n) is 1.91. The summed E-state index contributed by atoms with van der Waals surface area (Å²) in [7, 11) is 1.46. The molecule has 0 bridgehead atoms. The molecule has 1 amide bonds. The normalized spacial score (nSPS) is 11.2. The van der Waals surface area contributed by atoms with Crippen LogP contribution in [0.1, 0.15) is 37.0 Å². The molecule has 5 heteroatoms. The SMILES string of the molecule is CCC(CC)(CN)NC(=O)c1ccc(OC)c(O)c1. The van der Waals surface area contributed by atoms with E-state index in [2.05, 4.69) is 5.32 Å². The number of aromatic hydroxyl groups is 1. The maximum Gasteiger partial charge on any atom is 0.251 e. The van der Waals surface area contributed by atoms with Crippen LogP contribution in [0.5, 0.6) is 11.5 Å². The highest BCUT2D eigenvalue weighted by Gasteiger charge is 2.26. The lowest BCUT2D eigenvalue weighted by Gasteiger charge is -2.31. The number of nitrogens with one attached hydrogen (secondary N) is 1. The molecular formula is C14H22N2O3. The Morgan fingerprint density at radius 2 is 2.05 bits per heavy atom. The van der Waals surface area contributed by atoms with Crippen molar-refractivity contribution in [3.05, 3.63) is 23.8 Å². The molecule has 0 atom stereocenters. The van der Waals surface area contributed by atoms with Crippen LogP contribution in [0.4, 0.5) is 0 Å². The Balaban J connectivity index is 2.92. The first-order chi connectivity index (χ1) is 9.01. The first-order valence-electron chi connectivity index (χ1n) is 6.41. The van der Waals surface area contributed by atoms with E-state index >= 15 is 0 Å². The van der Waals surface area contributed by atoms with Gasteiger partial charge in [0.2, 0.25) is 0 Å². The lowest BCUT2D eigenvalue weighted by atomic mass is 9.92. The standard InChI is InChI=1S/C14H22N2O3/c1-4-14(5-2,9-15)16-13(18)10-6-7-12(19-3)11(17)8-10/h6-8,17H,4-5,9,15H2,1-3H3,(H,16,18). The number of nitrogens with two attached hydrogens (primary N) is 1. The fraction of sp³-hybridized carbons (Fsp3) is 0.500. The lowest BCUT2D eigenvalue weighted by molar-refractivity contribution is 0.0895. The topological polar surface area (TPSA) is 84.6 Å². The van der Waals surface area contributed by atoms with Crippen molar-refractivity contribution in [1.29, 1.82) is 0 Å². The number of rotatable bonds is 6. The Bertz CT molecular complexity index is 434. The van der Waals surface area contributed by atoms with Crippen LogP contribution in [0, 0.1) is 0 Å². The summed E-state index contributed by atoms with van der Waals surface area (Å²) in [4.78, 5) is 12.2. The summed E-state index contributed by atoms with van der Waals surface area (Å²) in [5, 5.41) is 12.6. The van der Waals surface area contributed by atoms with E-state index in [1.807, 2.05) is 13.8 Å². The molecule has 19 heavy (non-hydrogen) atoms. The quantitative estimate of drug-likeness (QED) is 0.731. The number of phenolic OH excluding ortho intramolecular Hbond substituents is 1. The van der Waals surface area contributed by atoms with Gasteiger partial charge in [-0.3, -0.25) is 4.79 Å². The monoisotopic (exact) mass is 266 g/mol. The van der Waals surface area contributed by atoms with Crippen LogP contribution in [0.25, 0.3) is 0 Å². The van der Waals surface area contributed by atoms with Gasteiger partial charge in [-0.05, 0) is 31.0 Å². The number of carbonyl (C=O) groups excluding carboxylic acids is 1. The summed E-state index contributed by atoms with van der Waals surface area (Å²) in [5.74, 6) is 0.0428. The van der Waals surface area contributed by atoms with Crippen LogP contribution in [0.2, 0.25) is 0 Å². The molecule has 0 heterocycles. The van der Waals surface area contributed by atoms with Crippen LogP contribution in [0.3, 0.4) is 0 Å². The van der Waals surface area contributed by atoms with Crippen molar-refractivity contribution >= 4 is 5.91 Å². The van der Waals surface area contributed by atoms with Gasteiger partial charge in [-0.25, -0.2) is 0 Å². The molecule has 0 radical (unpaired) electrons. The molecule has 0 aliphatic heterocycles. The Labute approximate surface area is 113 Å². The second-order valence-electron chi connectivity index (χ2n) is 4.53. The fourth-order valence-corrected chi connectivity index (χ4v) is 1.91. The molecule has 106 valence electrons. The van der Waals surface area contributed by atoms with E-state index in [1.54, 1.807) is 12.1 Å². The van der Waals surface area contributed by atoms with Crippen molar-refractivity contribution < 1.29 is 14.6 Å². The number of ether oxygens (including phenoxy) is 1. The number of amides is 1. The Morgan fingerprint density at radius 3 is 2.47 bits per heavy atom. The summed E-state index contributed by atoms with van der Waals surface area (Å²) >= 11 is 0. The minimum Gasteiger partial charge on any atom is -0.504 e. The molecule has 0 aliphatic carbocycles. The van der Waals surface area contributed by atoms with Crippen molar-refractivity contribution in [3.8, 4) is 11.5 Å². The van der Waals surface area contributed by atoms with Gasteiger partial charge in [0.15, 0.2) is 11.5 Å². The number of methoxy groups -OCH3 is 1. The molecule has 0 spiro atoms. The molecular weight excluding hydrogens is 244 g/mol. The van der Waals surface area contributed by atoms with E-state index in [0.29, 0.717) is 17.9 Å². The van der Waals surface area contributed by atoms with Gasteiger partial charge in [0.05, 0.1) is 12.6 Å². The minimum absolute atomic E-state index is 0.0542. The number of benzene rings is 1. The summed E-state index contributed by atoms with van der Waals surface area (Å²) in [6.45, 7) is 4.36. The van der Waals surface area contributed by atoms with Gasteiger partial charge in [0.1, 0.15) is 0 Å². The van der Waals surface area contributed by atoms with E-state index < -0.39 is 5.54 Å². The third kappa shape index (κ3) is 3.38. The van der Waals surface area contributed by atoms with E-state index in [0.717, 1.165) is 12.8 Å². The largest absolute Gasteiger partial charge is 0.504 e. The smallest absolute Gasteiger partial charge is 0.251 e. The van der Waals surface area contributed by atoms with Crippen LogP contribution in [-0.4, -0.2) is 30.2 Å². The highest BCUT2D eigenvalue weighted by molar-refractivity contribution is 5.95. The number of hydrogen-bond acceptors (Lipinski definition) is 4. The molecule has 4 N–H and O–H groups in total. The van der Waals surface area contributed by atoms with Crippen molar-refractivity contribution in [2.75, 3.05) is 13.7 Å². The average molecular weight is 266 g/mol. The Kier molecular flexibility index (Phi) is 5.18. The Hall–Kier alpha value is -1.75. The zero-order chi connectivity index (χ0) is 14.5. The number of hydrogen-bond donors (Lipinski definition) is 3. The molecule has 0 saturated carbocycles. The van der Waals surface area contributed by atoms with Crippen molar-refractivity contribution in [2.24, 2.45) is 5.73 Å². The molecule has 5 nitrogen and oxygen atoms in total. The highest BCUT2D eigenvalue weighted by atomic mass is 16.5. The summed E-state index contributed by atoms with van der Waals surface area (Å²) in [6, 6.07) is 4.56. The molecule has 1 rings (SSSR count). The van der Waals surface area contributed by atoms with Gasteiger partial charge in [-0.15, -0.1) is 0 Å². The summed E-state index contributed by atoms with van der Waals surface area (Å²) < 4.78 is 4.94. The Morgan fingerprint density at radius 1 is 1.42 bits per heavy atom. The van der Waals surface area contributed by atoms with E-state index in [9.17, 15) is 9.90 Å². The molecule has 0 saturated heterocycles. The van der Waals surface area contributed by atoms with Crippen LogP contribution >= 0.6 is 0 Å². The van der Waals surface area contributed by atoms with Gasteiger partial charge < -0.3 is 20.9 Å². The van der Waals surface area contributed by atoms with Gasteiger partial charge in [-0.2, -0.15) is 0 Å². The second-order valence-corrected chi connectivity index (χ2v) is 4.53. The first kappa shape index (κ1) is 15.3. The van der Waals surface area contributed by atoms with Crippen LogP contribution in [-0.2, 0) is 0 Å². The van der Waals surface area contributed by atoms with Crippen molar-refractivity contribution in [3.63, 3.8) is 0 Å². The zero-order valence-corrected chi connectivity index (χ0v) is 11.7. The molecule has 0 aromatic heterocycles. The summed E-state index contributed by atoms with van der Waals surface area (Å²) in [5.41, 5.74) is 5.74. The predicted octanol–water partition coefficient (Wildman–Crippen LogP) is 1.65. The van der Waals surface area contributed by atoms with Gasteiger partial charge >= 0.3 is 0 Å². The first-order valence-corrected chi connectivity index (χ1v) is 6.41. The maximum absolute atomic E-state index is 12.2. The number of carbonyl (C=O) groups is 1. The lowest BCUT2D eigenvalue weighted by Crippen LogP contribution is -2.52. The third-order valence-corrected chi connectivity index (χ3v) is 3.56. The van der Waals surface area contributed by atoms with Crippen molar-refractivity contribution in [2.45, 2.75) is 32.2 Å². The molecule has 0 fully saturated rings. The van der Waals surface area contributed by atoms with E-state index in [-0.39, 0.29) is 11.7 Å². The predicted molar refractivity (Wildman–Crippen MR) is 74.5 cm³/mol. The van der Waals surface area contributed by atoms with E-state index in [4.69, 9.17) is 10.5 Å². The van der Waals surface area contributed by atoms with Gasteiger partial charge in [0, 0.05) is 12.1 Å². The second kappa shape index (κ2) is 6.43. The summed E-state index contributed by atoms with van der Waals surface area (Å²) in [6.07, 6.45) is 1.52. The molecule has 0 unspecified atom stereocenters. The minimum atomic E-state index is -0.396. The maximum atomic E-state index is 12.2. The number of phenols is 1. The van der Waals surface area contributed by atoms with Crippen LogP contribution in [0.15, 0.2) is 18.2 Å². The molecule has 1 aromatic carbocycles. The molecule has 0 aliphatic rings. The van der Waals surface area contributed by atoms with Gasteiger partial charge in [-0.1, -0.05) is 13.8 Å². The average Bonchev–Trinajstić information content (AvgIpc) is 2.44.